The number of hydrogen-bond donors (Lipinski definition) is 1. The van der Waals surface area contributed by atoms with Crippen molar-refractivity contribution in [3.05, 3.63) is 28.8 Å². The first-order valence-electron chi connectivity index (χ1n) is 5.14. The molecule has 0 aliphatic carbocycles. The molecule has 0 spiro atoms. The third kappa shape index (κ3) is 3.02. The van der Waals surface area contributed by atoms with E-state index in [0.717, 1.165) is 6.07 Å². The molecule has 1 aromatic rings. The van der Waals surface area contributed by atoms with Gasteiger partial charge in [0.25, 0.3) is 10.1 Å². The smallest absolute Gasteiger partial charge is 0.282 e. The van der Waals surface area contributed by atoms with Gasteiger partial charge in [-0.3, -0.25) is 4.55 Å². The van der Waals surface area contributed by atoms with Crippen LogP contribution in [0.4, 0.5) is 13.2 Å². The van der Waals surface area contributed by atoms with Gasteiger partial charge in [0.1, 0.15) is 4.90 Å². The van der Waals surface area contributed by atoms with Gasteiger partial charge >= 0.3 is 6.18 Å². The Morgan fingerprint density at radius 1 is 1.22 bits per heavy atom. The van der Waals surface area contributed by atoms with E-state index in [-0.39, 0.29) is 5.56 Å². The zero-order valence-electron chi connectivity index (χ0n) is 10.0. The second-order valence-electron chi connectivity index (χ2n) is 4.36. The van der Waals surface area contributed by atoms with Gasteiger partial charge in [0.2, 0.25) is 0 Å². The highest BCUT2D eigenvalue weighted by molar-refractivity contribution is 7.86. The Bertz CT molecular complexity index is 560. The summed E-state index contributed by atoms with van der Waals surface area (Å²) < 4.78 is 69.9. The predicted octanol–water partition coefficient (Wildman–Crippen LogP) is 3.38. The first-order chi connectivity index (χ1) is 7.94. The van der Waals surface area contributed by atoms with Crippen molar-refractivity contribution in [3.63, 3.8) is 0 Å². The minimum Gasteiger partial charge on any atom is -0.282 e. The van der Waals surface area contributed by atoms with Crippen LogP contribution in [0.5, 0.6) is 0 Å². The Labute approximate surface area is 103 Å². The molecule has 0 atom stereocenters. The highest BCUT2D eigenvalue weighted by Crippen LogP contribution is 2.38. The maximum absolute atomic E-state index is 12.8. The van der Waals surface area contributed by atoms with E-state index in [1.807, 2.05) is 0 Å². The fourth-order valence-electron chi connectivity index (χ4n) is 1.73. The molecule has 0 bridgehead atoms. The molecule has 0 unspecified atom stereocenters. The van der Waals surface area contributed by atoms with Gasteiger partial charge in [-0.25, -0.2) is 0 Å². The highest BCUT2D eigenvalue weighted by Gasteiger charge is 2.38. The van der Waals surface area contributed by atoms with E-state index in [1.54, 1.807) is 13.8 Å². The van der Waals surface area contributed by atoms with Gasteiger partial charge in [-0.2, -0.15) is 21.6 Å². The molecule has 0 aliphatic rings. The van der Waals surface area contributed by atoms with Crippen LogP contribution in [0.25, 0.3) is 0 Å². The van der Waals surface area contributed by atoms with E-state index in [4.69, 9.17) is 4.55 Å². The lowest BCUT2D eigenvalue weighted by Crippen LogP contribution is -2.16. The molecular formula is C11H13F3O3S. The normalized spacial score (nSPS) is 13.1. The lowest BCUT2D eigenvalue weighted by molar-refractivity contribution is -0.140. The number of benzene rings is 1. The van der Waals surface area contributed by atoms with Crippen LogP contribution in [-0.4, -0.2) is 13.0 Å². The van der Waals surface area contributed by atoms with Gasteiger partial charge in [0.05, 0.1) is 5.56 Å². The maximum atomic E-state index is 12.8. The molecule has 0 saturated heterocycles. The van der Waals surface area contributed by atoms with E-state index < -0.39 is 32.7 Å². The van der Waals surface area contributed by atoms with E-state index in [9.17, 15) is 21.6 Å². The van der Waals surface area contributed by atoms with Crippen molar-refractivity contribution in [2.24, 2.45) is 0 Å². The summed E-state index contributed by atoms with van der Waals surface area (Å²) in [6, 6.07) is 2.05. The summed E-state index contributed by atoms with van der Waals surface area (Å²) in [5.41, 5.74) is -1.07. The average molecular weight is 282 g/mol. The minimum atomic E-state index is -4.93. The van der Waals surface area contributed by atoms with Crippen molar-refractivity contribution in [1.82, 2.24) is 0 Å². The number of hydrogen-bond acceptors (Lipinski definition) is 2. The van der Waals surface area contributed by atoms with Crippen LogP contribution in [0.3, 0.4) is 0 Å². The fraction of sp³-hybridized carbons (Fsp3) is 0.455. The standard InChI is InChI=1S/C11H13F3O3S/c1-6(2)8-4-7(3)5-9(11(12,13)14)10(8)18(15,16)17/h4-6H,1-3H3,(H,15,16,17). The average Bonchev–Trinajstić information content (AvgIpc) is 2.12. The molecule has 3 nitrogen and oxygen atoms in total. The third-order valence-electron chi connectivity index (χ3n) is 2.45. The summed E-state index contributed by atoms with van der Waals surface area (Å²) in [5, 5.41) is 0. The molecule has 0 radical (unpaired) electrons. The largest absolute Gasteiger partial charge is 0.417 e. The van der Waals surface area contributed by atoms with E-state index >= 15 is 0 Å². The molecule has 0 fully saturated rings. The van der Waals surface area contributed by atoms with Crippen molar-refractivity contribution >= 4 is 10.1 Å². The van der Waals surface area contributed by atoms with Gasteiger partial charge in [-0.1, -0.05) is 25.5 Å². The van der Waals surface area contributed by atoms with Crippen molar-refractivity contribution in [2.45, 2.75) is 37.8 Å². The number of alkyl halides is 3. The van der Waals surface area contributed by atoms with Crippen LogP contribution in [-0.2, 0) is 16.3 Å². The Hall–Kier alpha value is -1.08. The van der Waals surface area contributed by atoms with Crippen LogP contribution in [0.2, 0.25) is 0 Å². The first-order valence-corrected chi connectivity index (χ1v) is 6.58. The zero-order valence-corrected chi connectivity index (χ0v) is 10.9. The Morgan fingerprint density at radius 2 is 1.72 bits per heavy atom. The molecule has 0 heterocycles. The van der Waals surface area contributed by atoms with Gasteiger partial charge in [-0.05, 0) is 24.5 Å². The molecule has 1 rings (SSSR count). The van der Waals surface area contributed by atoms with Crippen LogP contribution in [0, 0.1) is 6.92 Å². The Balaban J connectivity index is 3.82. The number of rotatable bonds is 2. The fourth-order valence-corrected chi connectivity index (χ4v) is 2.77. The molecule has 1 N–H and O–H groups in total. The lowest BCUT2D eigenvalue weighted by Gasteiger charge is -2.18. The van der Waals surface area contributed by atoms with Gasteiger partial charge in [0.15, 0.2) is 0 Å². The Morgan fingerprint density at radius 3 is 2.06 bits per heavy atom. The molecule has 18 heavy (non-hydrogen) atoms. The SMILES string of the molecule is Cc1cc(C(C)C)c(S(=O)(=O)O)c(C(F)(F)F)c1. The number of aryl methyl sites for hydroxylation is 1. The molecular weight excluding hydrogens is 269 g/mol. The molecule has 102 valence electrons. The van der Waals surface area contributed by atoms with Crippen molar-refractivity contribution in [3.8, 4) is 0 Å². The summed E-state index contributed by atoms with van der Waals surface area (Å²) in [6.07, 6.45) is -4.83. The molecule has 0 saturated carbocycles. The van der Waals surface area contributed by atoms with E-state index in [2.05, 4.69) is 0 Å². The van der Waals surface area contributed by atoms with Crippen LogP contribution in [0.1, 0.15) is 36.5 Å². The highest BCUT2D eigenvalue weighted by atomic mass is 32.2. The quantitative estimate of drug-likeness (QED) is 0.846. The van der Waals surface area contributed by atoms with E-state index in [0.29, 0.717) is 5.56 Å². The maximum Gasteiger partial charge on any atom is 0.417 e. The second-order valence-corrected chi connectivity index (χ2v) is 5.72. The first kappa shape index (κ1) is 15.0. The van der Waals surface area contributed by atoms with Gasteiger partial charge in [-0.15, -0.1) is 0 Å². The summed E-state index contributed by atoms with van der Waals surface area (Å²) in [7, 11) is -4.93. The predicted molar refractivity (Wildman–Crippen MR) is 60.1 cm³/mol. The summed E-state index contributed by atoms with van der Waals surface area (Å²) in [5.74, 6) is -0.456. The lowest BCUT2D eigenvalue weighted by atomic mass is 9.97. The van der Waals surface area contributed by atoms with Crippen molar-refractivity contribution in [1.29, 1.82) is 0 Å². The summed E-state index contributed by atoms with van der Waals surface area (Å²) >= 11 is 0. The molecule has 1 aromatic carbocycles. The zero-order chi connectivity index (χ0) is 14.3. The topological polar surface area (TPSA) is 54.4 Å². The monoisotopic (exact) mass is 282 g/mol. The van der Waals surface area contributed by atoms with Crippen LogP contribution in [0.15, 0.2) is 17.0 Å². The van der Waals surface area contributed by atoms with Crippen molar-refractivity contribution in [2.75, 3.05) is 0 Å². The van der Waals surface area contributed by atoms with Crippen molar-refractivity contribution < 1.29 is 26.1 Å². The van der Waals surface area contributed by atoms with Gasteiger partial charge < -0.3 is 0 Å². The molecule has 7 heteroatoms. The minimum absolute atomic E-state index is 0.0372. The van der Waals surface area contributed by atoms with Crippen LogP contribution >= 0.6 is 0 Å². The molecule has 0 aromatic heterocycles. The summed E-state index contributed by atoms with van der Waals surface area (Å²) in [6.45, 7) is 4.56. The molecule has 0 aliphatic heterocycles. The molecule has 0 amide bonds. The van der Waals surface area contributed by atoms with Gasteiger partial charge in [0, 0.05) is 0 Å². The summed E-state index contributed by atoms with van der Waals surface area (Å²) in [4.78, 5) is -1.05. The second kappa shape index (κ2) is 4.55. The third-order valence-corrected chi connectivity index (χ3v) is 3.42. The van der Waals surface area contributed by atoms with Crippen LogP contribution < -0.4 is 0 Å². The Kier molecular flexibility index (Phi) is 3.78. The number of halogens is 3. The van der Waals surface area contributed by atoms with E-state index in [1.165, 1.54) is 13.0 Å².